The molecular weight excluding hydrogens is 268 g/mol. The molecule has 1 aromatic carbocycles. The Balaban J connectivity index is 1.77. The van der Waals surface area contributed by atoms with Gasteiger partial charge < -0.3 is 10.6 Å². The number of benzene rings is 1. The molecule has 4 heteroatoms. The minimum atomic E-state index is -0.107. The number of carbonyl (C=O) groups excluding carboxylic acids is 1. The van der Waals surface area contributed by atoms with E-state index >= 15 is 0 Å². The van der Waals surface area contributed by atoms with Gasteiger partial charge in [-0.25, -0.2) is 4.79 Å². The molecule has 0 spiro atoms. The monoisotopic (exact) mass is 292 g/mol. The van der Waals surface area contributed by atoms with Crippen LogP contribution in [0.3, 0.4) is 0 Å². The molecule has 0 bridgehead atoms. The Morgan fingerprint density at radius 3 is 2.50 bits per heavy atom. The van der Waals surface area contributed by atoms with Gasteiger partial charge in [-0.1, -0.05) is 25.0 Å². The number of urea groups is 1. The highest BCUT2D eigenvalue weighted by Gasteiger charge is 2.15. The summed E-state index contributed by atoms with van der Waals surface area (Å²) >= 11 is 1.99. The molecule has 2 amide bonds. The Morgan fingerprint density at radius 1 is 1.25 bits per heavy atom. The lowest BCUT2D eigenvalue weighted by atomic mass is 10.2. The quantitative estimate of drug-likeness (QED) is 0.863. The molecule has 110 valence electrons. The van der Waals surface area contributed by atoms with Gasteiger partial charge in [-0.2, -0.15) is 0 Å². The fourth-order valence-corrected chi connectivity index (χ4v) is 3.63. The zero-order valence-corrected chi connectivity index (χ0v) is 13.1. The molecule has 0 saturated heterocycles. The van der Waals surface area contributed by atoms with Crippen LogP contribution in [-0.2, 0) is 6.54 Å². The first-order valence-electron chi connectivity index (χ1n) is 7.43. The molecule has 1 aliphatic rings. The molecule has 1 saturated carbocycles. The Labute approximate surface area is 125 Å². The van der Waals surface area contributed by atoms with Crippen molar-refractivity contribution in [1.29, 1.82) is 0 Å². The van der Waals surface area contributed by atoms with Crippen molar-refractivity contribution < 1.29 is 4.79 Å². The van der Waals surface area contributed by atoms with Crippen molar-refractivity contribution in [3.8, 4) is 0 Å². The van der Waals surface area contributed by atoms with E-state index in [1.165, 1.54) is 30.6 Å². The zero-order valence-electron chi connectivity index (χ0n) is 12.3. The third-order valence-corrected chi connectivity index (χ3v) is 4.75. The van der Waals surface area contributed by atoms with Crippen LogP contribution in [0.2, 0.25) is 0 Å². The summed E-state index contributed by atoms with van der Waals surface area (Å²) in [6, 6.07) is 8.60. The summed E-state index contributed by atoms with van der Waals surface area (Å²) in [5.41, 5.74) is 1.14. The van der Waals surface area contributed by atoms with Crippen LogP contribution >= 0.6 is 11.8 Å². The van der Waals surface area contributed by atoms with Crippen molar-refractivity contribution in [3.63, 3.8) is 0 Å². The Kier molecular flexibility index (Phi) is 5.77. The molecule has 0 unspecified atom stereocenters. The van der Waals surface area contributed by atoms with E-state index < -0.39 is 0 Å². The van der Waals surface area contributed by atoms with E-state index in [0.717, 1.165) is 10.8 Å². The number of thioether (sulfide) groups is 1. The number of hydrogen-bond donors (Lipinski definition) is 2. The van der Waals surface area contributed by atoms with E-state index in [-0.39, 0.29) is 12.1 Å². The van der Waals surface area contributed by atoms with Gasteiger partial charge in [0.15, 0.2) is 0 Å². The maximum absolute atomic E-state index is 11.5. The van der Waals surface area contributed by atoms with Gasteiger partial charge in [0.25, 0.3) is 0 Å². The van der Waals surface area contributed by atoms with Crippen LogP contribution in [0.25, 0.3) is 0 Å². The number of carbonyl (C=O) groups is 1. The summed E-state index contributed by atoms with van der Waals surface area (Å²) in [6.45, 7) is 4.48. The highest BCUT2D eigenvalue weighted by Crippen LogP contribution is 2.34. The summed E-state index contributed by atoms with van der Waals surface area (Å²) < 4.78 is 0. The van der Waals surface area contributed by atoms with Crippen LogP contribution in [0.1, 0.15) is 45.1 Å². The van der Waals surface area contributed by atoms with Gasteiger partial charge in [0.1, 0.15) is 0 Å². The minimum Gasteiger partial charge on any atom is -0.336 e. The minimum absolute atomic E-state index is 0.107. The highest BCUT2D eigenvalue weighted by molar-refractivity contribution is 8.00. The second kappa shape index (κ2) is 7.58. The first-order chi connectivity index (χ1) is 9.63. The molecule has 3 nitrogen and oxygen atoms in total. The van der Waals surface area contributed by atoms with E-state index in [0.29, 0.717) is 6.54 Å². The lowest BCUT2D eigenvalue weighted by Gasteiger charge is -2.11. The van der Waals surface area contributed by atoms with Gasteiger partial charge >= 0.3 is 6.03 Å². The van der Waals surface area contributed by atoms with Crippen LogP contribution in [0.4, 0.5) is 4.79 Å². The van der Waals surface area contributed by atoms with Crippen molar-refractivity contribution in [1.82, 2.24) is 10.6 Å². The molecular formula is C16H24N2OS. The normalized spacial score (nSPS) is 15.6. The summed E-state index contributed by atoms with van der Waals surface area (Å²) in [5.74, 6) is 0. The maximum Gasteiger partial charge on any atom is 0.315 e. The lowest BCUT2D eigenvalue weighted by molar-refractivity contribution is 0.238. The van der Waals surface area contributed by atoms with Gasteiger partial charge in [-0.05, 0) is 44.4 Å². The molecule has 2 N–H and O–H groups in total. The van der Waals surface area contributed by atoms with Gasteiger partial charge in [0, 0.05) is 22.7 Å². The van der Waals surface area contributed by atoms with Crippen LogP contribution in [0, 0.1) is 0 Å². The van der Waals surface area contributed by atoms with E-state index in [9.17, 15) is 4.79 Å². The number of rotatable bonds is 5. The first-order valence-corrected chi connectivity index (χ1v) is 8.31. The van der Waals surface area contributed by atoms with Crippen LogP contribution < -0.4 is 10.6 Å². The van der Waals surface area contributed by atoms with Gasteiger partial charge in [0.05, 0.1) is 0 Å². The SMILES string of the molecule is CC(C)NC(=O)NCc1ccc(SC2CCCC2)cc1. The fraction of sp³-hybridized carbons (Fsp3) is 0.562. The largest absolute Gasteiger partial charge is 0.336 e. The molecule has 0 aliphatic heterocycles. The first kappa shape index (κ1) is 15.2. The van der Waals surface area contributed by atoms with E-state index in [1.54, 1.807) is 0 Å². The summed E-state index contributed by atoms with van der Waals surface area (Å²) in [5, 5.41) is 6.49. The number of nitrogens with one attached hydrogen (secondary N) is 2. The van der Waals surface area contributed by atoms with Crippen molar-refractivity contribution in [3.05, 3.63) is 29.8 Å². The summed E-state index contributed by atoms with van der Waals surface area (Å²) in [6.07, 6.45) is 5.46. The molecule has 2 rings (SSSR count). The van der Waals surface area contributed by atoms with Gasteiger partial charge in [0.2, 0.25) is 0 Å². The van der Waals surface area contributed by atoms with Crippen molar-refractivity contribution >= 4 is 17.8 Å². The second-order valence-electron chi connectivity index (χ2n) is 5.65. The molecule has 0 heterocycles. The van der Waals surface area contributed by atoms with Crippen LogP contribution in [-0.4, -0.2) is 17.3 Å². The average molecular weight is 292 g/mol. The van der Waals surface area contributed by atoms with Crippen molar-refractivity contribution in [2.24, 2.45) is 0 Å². The molecule has 1 aromatic rings. The molecule has 1 aliphatic carbocycles. The lowest BCUT2D eigenvalue weighted by Crippen LogP contribution is -2.39. The topological polar surface area (TPSA) is 41.1 Å². The maximum atomic E-state index is 11.5. The molecule has 1 fully saturated rings. The van der Waals surface area contributed by atoms with E-state index in [1.807, 2.05) is 25.6 Å². The Bertz CT molecular complexity index is 425. The average Bonchev–Trinajstić information content (AvgIpc) is 2.90. The molecule has 0 atom stereocenters. The summed E-state index contributed by atoms with van der Waals surface area (Å²) in [7, 11) is 0. The molecule has 20 heavy (non-hydrogen) atoms. The molecule has 0 aromatic heterocycles. The van der Waals surface area contributed by atoms with Crippen molar-refractivity contribution in [2.45, 2.75) is 62.3 Å². The second-order valence-corrected chi connectivity index (χ2v) is 7.02. The predicted octanol–water partition coefficient (Wildman–Crippen LogP) is 3.93. The van der Waals surface area contributed by atoms with E-state index in [2.05, 4.69) is 34.9 Å². The molecule has 0 radical (unpaired) electrons. The predicted molar refractivity (Wildman–Crippen MR) is 85.1 cm³/mol. The highest BCUT2D eigenvalue weighted by atomic mass is 32.2. The van der Waals surface area contributed by atoms with Gasteiger partial charge in [-0.15, -0.1) is 11.8 Å². The van der Waals surface area contributed by atoms with Crippen LogP contribution in [0.15, 0.2) is 29.2 Å². The third-order valence-electron chi connectivity index (χ3n) is 3.40. The van der Waals surface area contributed by atoms with Gasteiger partial charge in [-0.3, -0.25) is 0 Å². The van der Waals surface area contributed by atoms with Crippen molar-refractivity contribution in [2.75, 3.05) is 0 Å². The Morgan fingerprint density at radius 2 is 1.90 bits per heavy atom. The number of hydrogen-bond acceptors (Lipinski definition) is 2. The Hall–Kier alpha value is -1.16. The summed E-state index contributed by atoms with van der Waals surface area (Å²) in [4.78, 5) is 12.8. The fourth-order valence-electron chi connectivity index (χ4n) is 2.38. The van der Waals surface area contributed by atoms with E-state index in [4.69, 9.17) is 0 Å². The third kappa shape index (κ3) is 5.08. The van der Waals surface area contributed by atoms with Crippen LogP contribution in [0.5, 0.6) is 0 Å². The number of amides is 2. The smallest absolute Gasteiger partial charge is 0.315 e. The zero-order chi connectivity index (χ0) is 14.4. The standard InChI is InChI=1S/C16H24N2OS/c1-12(2)18-16(19)17-11-13-7-9-15(10-8-13)20-14-5-3-4-6-14/h7-10,12,14H,3-6,11H2,1-2H3,(H2,17,18,19).